The van der Waals surface area contributed by atoms with Gasteiger partial charge in [0.1, 0.15) is 6.10 Å². The molecule has 1 aromatic rings. The van der Waals surface area contributed by atoms with Crippen molar-refractivity contribution in [3.05, 3.63) is 18.3 Å². The first kappa shape index (κ1) is 16.7. The topological polar surface area (TPSA) is 144 Å². The van der Waals surface area contributed by atoms with Gasteiger partial charge in [-0.3, -0.25) is 19.8 Å². The van der Waals surface area contributed by atoms with E-state index in [9.17, 15) is 14.4 Å². The normalized spacial score (nSPS) is 20.4. The molecular formula is C14H18N4O5. The second kappa shape index (κ2) is 7.54. The molecule has 0 aliphatic heterocycles. The number of carbonyl (C=O) groups is 3. The molecule has 1 aliphatic rings. The van der Waals surface area contributed by atoms with Gasteiger partial charge in [-0.2, -0.15) is 0 Å². The van der Waals surface area contributed by atoms with E-state index in [0.29, 0.717) is 37.3 Å². The van der Waals surface area contributed by atoms with Crippen molar-refractivity contribution in [2.45, 2.75) is 31.8 Å². The maximum Gasteiger partial charge on any atom is 0.323 e. The Morgan fingerprint density at radius 2 is 1.87 bits per heavy atom. The molecule has 1 saturated carbocycles. The number of hydrazine groups is 1. The van der Waals surface area contributed by atoms with Crippen molar-refractivity contribution in [1.82, 2.24) is 10.4 Å². The molecule has 1 fully saturated rings. The summed E-state index contributed by atoms with van der Waals surface area (Å²) in [5.74, 6) is 2.32. The summed E-state index contributed by atoms with van der Waals surface area (Å²) < 4.78 is 5.70. The van der Waals surface area contributed by atoms with Crippen LogP contribution in [0.3, 0.4) is 0 Å². The Bertz CT molecular complexity index is 581. The van der Waals surface area contributed by atoms with Gasteiger partial charge in [-0.1, -0.05) is 0 Å². The number of carboxylic acid groups (broad SMARTS) is 1. The number of hydrogen-bond donors (Lipinski definition) is 4. The Balaban J connectivity index is 1.85. The molecule has 0 saturated heterocycles. The predicted molar refractivity (Wildman–Crippen MR) is 79.2 cm³/mol. The number of ether oxygens (including phenoxy) is 1. The van der Waals surface area contributed by atoms with E-state index in [-0.39, 0.29) is 12.0 Å². The molecule has 124 valence electrons. The number of aliphatic carboxylic acids is 1. The third-order valence-electron chi connectivity index (χ3n) is 3.64. The van der Waals surface area contributed by atoms with Gasteiger partial charge in [0.15, 0.2) is 0 Å². The van der Waals surface area contributed by atoms with Crippen molar-refractivity contribution < 1.29 is 24.2 Å². The van der Waals surface area contributed by atoms with Gasteiger partial charge in [-0.15, -0.1) is 0 Å². The molecule has 0 bridgehead atoms. The number of nitrogens with one attached hydrogen (secondary N) is 2. The quantitative estimate of drug-likeness (QED) is 0.265. The Morgan fingerprint density at radius 1 is 1.17 bits per heavy atom. The van der Waals surface area contributed by atoms with E-state index in [1.165, 1.54) is 6.20 Å². The lowest BCUT2D eigenvalue weighted by Crippen LogP contribution is -2.39. The molecule has 0 unspecified atom stereocenters. The largest absolute Gasteiger partial charge is 0.481 e. The number of anilines is 1. The summed E-state index contributed by atoms with van der Waals surface area (Å²) >= 11 is 0. The van der Waals surface area contributed by atoms with E-state index in [2.05, 4.69) is 10.3 Å². The van der Waals surface area contributed by atoms with Gasteiger partial charge < -0.3 is 15.2 Å². The Kier molecular flexibility index (Phi) is 5.47. The minimum Gasteiger partial charge on any atom is -0.481 e. The predicted octanol–water partition coefficient (Wildman–Crippen LogP) is 0.0322. The first-order valence-electron chi connectivity index (χ1n) is 7.17. The summed E-state index contributed by atoms with van der Waals surface area (Å²) in [4.78, 5) is 37.2. The van der Waals surface area contributed by atoms with Crippen LogP contribution in [0.5, 0.6) is 5.88 Å². The van der Waals surface area contributed by atoms with Crippen LogP contribution < -0.4 is 21.3 Å². The maximum absolute atomic E-state index is 11.3. The highest BCUT2D eigenvalue weighted by molar-refractivity contribution is 6.39. The smallest absolute Gasteiger partial charge is 0.323 e. The van der Waals surface area contributed by atoms with Crippen LogP contribution in [0, 0.1) is 5.92 Å². The van der Waals surface area contributed by atoms with Gasteiger partial charge >= 0.3 is 17.8 Å². The Morgan fingerprint density at radius 3 is 2.39 bits per heavy atom. The zero-order chi connectivity index (χ0) is 16.8. The van der Waals surface area contributed by atoms with Crippen molar-refractivity contribution in [1.29, 1.82) is 0 Å². The summed E-state index contributed by atoms with van der Waals surface area (Å²) in [5.41, 5.74) is 2.06. The first-order valence-corrected chi connectivity index (χ1v) is 7.17. The third-order valence-corrected chi connectivity index (χ3v) is 3.64. The molecule has 5 N–H and O–H groups in total. The first-order chi connectivity index (χ1) is 11.0. The van der Waals surface area contributed by atoms with E-state index in [1.54, 1.807) is 17.6 Å². The molecule has 1 aromatic heterocycles. The van der Waals surface area contributed by atoms with Crippen LogP contribution in [-0.4, -0.2) is 34.0 Å². The molecule has 0 radical (unpaired) electrons. The standard InChI is InChI=1S/C14H18N4O5/c15-18-13(20)12(19)17-9-3-6-11(16-7-9)23-10-4-1-8(2-5-10)14(21)22/h3,6-8,10H,1-2,4-5,15H2,(H,17,19)(H,18,20)(H,21,22). The van der Waals surface area contributed by atoms with Gasteiger partial charge in [-0.05, 0) is 31.7 Å². The number of nitrogens with zero attached hydrogens (tertiary/aromatic N) is 1. The average molecular weight is 322 g/mol. The highest BCUT2D eigenvalue weighted by Crippen LogP contribution is 2.27. The van der Waals surface area contributed by atoms with Gasteiger partial charge in [-0.25, -0.2) is 10.8 Å². The second-order valence-corrected chi connectivity index (χ2v) is 5.24. The fraction of sp³-hybridized carbons (Fsp3) is 0.429. The minimum absolute atomic E-state index is 0.0680. The number of rotatable bonds is 4. The molecule has 0 spiro atoms. The van der Waals surface area contributed by atoms with Crippen LogP contribution in [0.25, 0.3) is 0 Å². The Labute approximate surface area is 132 Å². The van der Waals surface area contributed by atoms with Gasteiger partial charge in [0.2, 0.25) is 5.88 Å². The zero-order valence-corrected chi connectivity index (χ0v) is 12.3. The number of nitrogens with two attached hydrogens (primary N) is 1. The summed E-state index contributed by atoms with van der Waals surface area (Å²) in [7, 11) is 0. The number of pyridine rings is 1. The van der Waals surface area contributed by atoms with Crippen LogP contribution in [0.1, 0.15) is 25.7 Å². The van der Waals surface area contributed by atoms with Crippen LogP contribution >= 0.6 is 0 Å². The van der Waals surface area contributed by atoms with E-state index in [0.717, 1.165) is 0 Å². The van der Waals surface area contributed by atoms with Crippen LogP contribution in [0.15, 0.2) is 18.3 Å². The molecule has 0 atom stereocenters. The monoisotopic (exact) mass is 322 g/mol. The van der Waals surface area contributed by atoms with E-state index in [4.69, 9.17) is 15.7 Å². The average Bonchev–Trinajstić information content (AvgIpc) is 2.56. The minimum atomic E-state index is -0.958. The molecule has 2 rings (SSSR count). The summed E-state index contributed by atoms with van der Waals surface area (Å²) in [6, 6.07) is 3.12. The fourth-order valence-electron chi connectivity index (χ4n) is 2.38. The molecular weight excluding hydrogens is 304 g/mol. The molecule has 9 nitrogen and oxygen atoms in total. The van der Waals surface area contributed by atoms with Crippen LogP contribution in [0.2, 0.25) is 0 Å². The summed E-state index contributed by atoms with van der Waals surface area (Å²) in [6.07, 6.45) is 3.79. The van der Waals surface area contributed by atoms with E-state index < -0.39 is 17.8 Å². The SMILES string of the molecule is NNC(=O)C(=O)Nc1ccc(OC2CCC(C(=O)O)CC2)nc1. The van der Waals surface area contributed by atoms with Crippen LogP contribution in [-0.2, 0) is 14.4 Å². The second-order valence-electron chi connectivity index (χ2n) is 5.24. The highest BCUT2D eigenvalue weighted by atomic mass is 16.5. The lowest BCUT2D eigenvalue weighted by molar-refractivity contribution is -0.143. The van der Waals surface area contributed by atoms with E-state index >= 15 is 0 Å². The molecule has 9 heteroatoms. The Hall–Kier alpha value is -2.68. The van der Waals surface area contributed by atoms with Crippen molar-refractivity contribution >= 4 is 23.5 Å². The molecule has 2 amide bonds. The number of carbonyl (C=O) groups excluding carboxylic acids is 2. The lowest BCUT2D eigenvalue weighted by atomic mass is 9.87. The number of hydrogen-bond acceptors (Lipinski definition) is 6. The zero-order valence-electron chi connectivity index (χ0n) is 12.3. The third kappa shape index (κ3) is 4.65. The van der Waals surface area contributed by atoms with Crippen molar-refractivity contribution in [3.8, 4) is 5.88 Å². The van der Waals surface area contributed by atoms with Gasteiger partial charge in [0.25, 0.3) is 0 Å². The van der Waals surface area contributed by atoms with Gasteiger partial charge in [0.05, 0.1) is 17.8 Å². The van der Waals surface area contributed by atoms with E-state index in [1.807, 2.05) is 0 Å². The van der Waals surface area contributed by atoms with Crippen molar-refractivity contribution in [2.75, 3.05) is 5.32 Å². The number of aromatic nitrogens is 1. The maximum atomic E-state index is 11.3. The van der Waals surface area contributed by atoms with Crippen molar-refractivity contribution in [2.24, 2.45) is 11.8 Å². The van der Waals surface area contributed by atoms with Crippen molar-refractivity contribution in [3.63, 3.8) is 0 Å². The number of amides is 2. The number of carboxylic acids is 1. The molecule has 1 heterocycles. The molecule has 1 aliphatic carbocycles. The summed E-state index contributed by atoms with van der Waals surface area (Å²) in [5, 5.41) is 11.3. The van der Waals surface area contributed by atoms with Gasteiger partial charge in [0, 0.05) is 6.07 Å². The van der Waals surface area contributed by atoms with Crippen LogP contribution in [0.4, 0.5) is 5.69 Å². The summed E-state index contributed by atoms with van der Waals surface area (Å²) in [6.45, 7) is 0. The molecule has 23 heavy (non-hydrogen) atoms. The highest BCUT2D eigenvalue weighted by Gasteiger charge is 2.27. The fourth-order valence-corrected chi connectivity index (χ4v) is 2.38. The molecule has 0 aromatic carbocycles. The lowest BCUT2D eigenvalue weighted by Gasteiger charge is -2.26.